The lowest BCUT2D eigenvalue weighted by Gasteiger charge is -2.10. The number of hydrogen-bond acceptors (Lipinski definition) is 2. The van der Waals surface area contributed by atoms with Gasteiger partial charge in [0.25, 0.3) is 0 Å². The zero-order valence-corrected chi connectivity index (χ0v) is 9.75. The average Bonchev–Trinajstić information content (AvgIpc) is 2.23. The zero-order chi connectivity index (χ0) is 13.0. The summed E-state index contributed by atoms with van der Waals surface area (Å²) in [5, 5.41) is 8.41. The molecule has 3 nitrogen and oxygen atoms in total. The Morgan fingerprint density at radius 3 is 2.65 bits per heavy atom. The second-order valence-electron chi connectivity index (χ2n) is 2.83. The van der Waals surface area contributed by atoms with Crippen molar-refractivity contribution >= 4 is 28.0 Å². The van der Waals surface area contributed by atoms with Gasteiger partial charge in [-0.15, -0.1) is 0 Å². The number of carboxylic acid groups (broad SMARTS) is 1. The Kier molecular flexibility index (Phi) is 4.56. The van der Waals surface area contributed by atoms with Crippen LogP contribution < -0.4 is 4.74 Å². The first-order valence-corrected chi connectivity index (χ1v) is 5.05. The molecule has 0 bridgehead atoms. The van der Waals surface area contributed by atoms with Crippen molar-refractivity contribution in [2.24, 2.45) is 0 Å². The van der Waals surface area contributed by atoms with Gasteiger partial charge in [0.05, 0.1) is 4.47 Å². The van der Waals surface area contributed by atoms with E-state index in [-0.39, 0.29) is 10.0 Å². The monoisotopic (exact) mass is 310 g/mol. The van der Waals surface area contributed by atoms with Crippen LogP contribution in [0.25, 0.3) is 6.08 Å². The van der Waals surface area contributed by atoms with Crippen molar-refractivity contribution in [1.82, 2.24) is 0 Å². The molecule has 1 rings (SSSR count). The molecule has 92 valence electrons. The second-order valence-corrected chi connectivity index (χ2v) is 3.62. The minimum atomic E-state index is -3.13. The number of benzene rings is 1. The third kappa shape index (κ3) is 3.77. The fourth-order valence-corrected chi connectivity index (χ4v) is 1.50. The summed E-state index contributed by atoms with van der Waals surface area (Å²) < 4.78 is 41.1. The van der Waals surface area contributed by atoms with Gasteiger partial charge in [0, 0.05) is 11.6 Å². The first kappa shape index (κ1) is 13.6. The summed E-state index contributed by atoms with van der Waals surface area (Å²) in [6, 6.07) is 2.14. The highest BCUT2D eigenvalue weighted by Crippen LogP contribution is 2.33. The molecule has 0 fully saturated rings. The number of rotatable bonds is 4. The molecule has 1 aromatic rings. The van der Waals surface area contributed by atoms with Crippen LogP contribution in [0.1, 0.15) is 5.56 Å². The van der Waals surface area contributed by atoms with Crippen LogP contribution in [0.3, 0.4) is 0 Å². The SMILES string of the molecule is O=C(O)/C=C/c1ccc(F)c(Br)c1OC(F)F. The lowest BCUT2D eigenvalue weighted by molar-refractivity contribution is -0.131. The van der Waals surface area contributed by atoms with Gasteiger partial charge in [0.2, 0.25) is 0 Å². The van der Waals surface area contributed by atoms with Gasteiger partial charge in [-0.1, -0.05) is 0 Å². The molecular formula is C10H6BrF3O3. The van der Waals surface area contributed by atoms with E-state index in [1.165, 1.54) is 0 Å². The number of carboxylic acids is 1. The fourth-order valence-electron chi connectivity index (χ4n) is 1.05. The standard InChI is InChI=1S/C10H6BrF3O3/c11-8-6(12)3-1-5(2-4-7(15)16)9(8)17-10(13)14/h1-4,10H,(H,15,16)/b4-2+. The van der Waals surface area contributed by atoms with Crippen LogP contribution in [0.2, 0.25) is 0 Å². The number of halogens is 4. The topological polar surface area (TPSA) is 46.5 Å². The van der Waals surface area contributed by atoms with Crippen molar-refractivity contribution in [3.63, 3.8) is 0 Å². The second kappa shape index (κ2) is 5.72. The molecule has 1 N–H and O–H groups in total. The number of ether oxygens (including phenoxy) is 1. The molecule has 0 aromatic heterocycles. The Morgan fingerprint density at radius 2 is 2.12 bits per heavy atom. The number of alkyl halides is 2. The molecule has 0 aliphatic heterocycles. The predicted octanol–water partition coefficient (Wildman–Crippen LogP) is 3.29. The Balaban J connectivity index is 3.20. The van der Waals surface area contributed by atoms with Gasteiger partial charge in [0.1, 0.15) is 11.6 Å². The van der Waals surface area contributed by atoms with Crippen molar-refractivity contribution in [3.05, 3.63) is 34.1 Å². The molecule has 1 aromatic carbocycles. The van der Waals surface area contributed by atoms with E-state index >= 15 is 0 Å². The highest BCUT2D eigenvalue weighted by Gasteiger charge is 2.15. The van der Waals surface area contributed by atoms with Gasteiger partial charge in [-0.25, -0.2) is 9.18 Å². The van der Waals surface area contributed by atoms with Gasteiger partial charge in [0.15, 0.2) is 0 Å². The van der Waals surface area contributed by atoms with Crippen molar-refractivity contribution in [3.8, 4) is 5.75 Å². The molecule has 7 heteroatoms. The normalized spacial score (nSPS) is 11.1. The quantitative estimate of drug-likeness (QED) is 0.868. The summed E-state index contributed by atoms with van der Waals surface area (Å²) in [5.41, 5.74) is 0.0287. The summed E-state index contributed by atoms with van der Waals surface area (Å²) >= 11 is 2.75. The third-order valence-electron chi connectivity index (χ3n) is 1.69. The molecule has 0 aliphatic rings. The van der Waals surface area contributed by atoms with Crippen LogP contribution in [0, 0.1) is 5.82 Å². The van der Waals surface area contributed by atoms with E-state index in [0.29, 0.717) is 0 Å². The largest absolute Gasteiger partial charge is 0.478 e. The van der Waals surface area contributed by atoms with Crippen molar-refractivity contribution in [2.45, 2.75) is 6.61 Å². The molecule has 17 heavy (non-hydrogen) atoms. The summed E-state index contributed by atoms with van der Waals surface area (Å²) in [6.07, 6.45) is 1.77. The Hall–Kier alpha value is -1.50. The molecule has 0 heterocycles. The first-order chi connectivity index (χ1) is 7.91. The molecule has 0 spiro atoms. The third-order valence-corrected chi connectivity index (χ3v) is 2.43. The maximum absolute atomic E-state index is 13.1. The van der Waals surface area contributed by atoms with Crippen molar-refractivity contribution < 1.29 is 27.8 Å². The molecule has 0 unspecified atom stereocenters. The van der Waals surface area contributed by atoms with Gasteiger partial charge in [-0.3, -0.25) is 0 Å². The van der Waals surface area contributed by atoms with Crippen LogP contribution >= 0.6 is 15.9 Å². The van der Waals surface area contributed by atoms with Crippen molar-refractivity contribution in [1.29, 1.82) is 0 Å². The Labute approximate surface area is 103 Å². The first-order valence-electron chi connectivity index (χ1n) is 4.25. The summed E-state index contributed by atoms with van der Waals surface area (Å²) in [7, 11) is 0. The van der Waals surface area contributed by atoms with E-state index in [2.05, 4.69) is 20.7 Å². The maximum Gasteiger partial charge on any atom is 0.387 e. The molecule has 0 amide bonds. The number of aliphatic carboxylic acids is 1. The Morgan fingerprint density at radius 1 is 1.47 bits per heavy atom. The van der Waals surface area contributed by atoms with Crippen molar-refractivity contribution in [2.75, 3.05) is 0 Å². The lowest BCUT2D eigenvalue weighted by Crippen LogP contribution is -2.05. The molecule has 0 saturated heterocycles. The molecule has 0 radical (unpaired) electrons. The van der Waals surface area contributed by atoms with Crippen LogP contribution in [-0.2, 0) is 4.79 Å². The van der Waals surface area contributed by atoms with E-state index in [9.17, 15) is 18.0 Å². The highest BCUT2D eigenvalue weighted by molar-refractivity contribution is 9.10. The summed E-state index contributed by atoms with van der Waals surface area (Å²) in [6.45, 7) is -3.13. The van der Waals surface area contributed by atoms with Crippen LogP contribution in [0.4, 0.5) is 13.2 Å². The minimum Gasteiger partial charge on any atom is -0.478 e. The molecule has 0 atom stereocenters. The van der Waals surface area contributed by atoms with Gasteiger partial charge >= 0.3 is 12.6 Å². The van der Waals surface area contributed by atoms with Gasteiger partial charge < -0.3 is 9.84 Å². The Bertz CT molecular complexity index is 460. The van der Waals surface area contributed by atoms with Crippen LogP contribution in [0.15, 0.2) is 22.7 Å². The fraction of sp³-hybridized carbons (Fsp3) is 0.100. The smallest absolute Gasteiger partial charge is 0.387 e. The van der Waals surface area contributed by atoms with Gasteiger partial charge in [-0.2, -0.15) is 8.78 Å². The maximum atomic E-state index is 13.1. The van der Waals surface area contributed by atoms with Crippen LogP contribution in [-0.4, -0.2) is 17.7 Å². The van der Waals surface area contributed by atoms with E-state index in [4.69, 9.17) is 5.11 Å². The van der Waals surface area contributed by atoms with E-state index in [0.717, 1.165) is 24.3 Å². The minimum absolute atomic E-state index is 0.0287. The number of carbonyl (C=O) groups is 1. The van der Waals surface area contributed by atoms with E-state index in [1.807, 2.05) is 0 Å². The van der Waals surface area contributed by atoms with Gasteiger partial charge in [-0.05, 0) is 34.1 Å². The molecule has 0 aliphatic carbocycles. The van der Waals surface area contributed by atoms with E-state index in [1.54, 1.807) is 0 Å². The number of hydrogen-bond donors (Lipinski definition) is 1. The predicted molar refractivity (Wildman–Crippen MR) is 57.4 cm³/mol. The highest BCUT2D eigenvalue weighted by atomic mass is 79.9. The lowest BCUT2D eigenvalue weighted by atomic mass is 10.2. The summed E-state index contributed by atoms with van der Waals surface area (Å²) in [5.74, 6) is -2.49. The molecular weight excluding hydrogens is 305 g/mol. The average molecular weight is 311 g/mol. The summed E-state index contributed by atoms with van der Waals surface area (Å²) in [4.78, 5) is 10.3. The van der Waals surface area contributed by atoms with E-state index < -0.39 is 24.1 Å². The van der Waals surface area contributed by atoms with Crippen LogP contribution in [0.5, 0.6) is 5.75 Å². The molecule has 0 saturated carbocycles. The zero-order valence-electron chi connectivity index (χ0n) is 8.16.